The van der Waals surface area contributed by atoms with Gasteiger partial charge in [-0.25, -0.2) is 13.1 Å². The molecule has 0 unspecified atom stereocenters. The van der Waals surface area contributed by atoms with E-state index in [0.29, 0.717) is 5.69 Å². The van der Waals surface area contributed by atoms with E-state index in [-0.39, 0.29) is 10.8 Å². The lowest BCUT2D eigenvalue weighted by Gasteiger charge is -2.21. The lowest BCUT2D eigenvalue weighted by Crippen LogP contribution is -2.40. The van der Waals surface area contributed by atoms with Crippen LogP contribution >= 0.6 is 0 Å². The van der Waals surface area contributed by atoms with Gasteiger partial charge in [0.15, 0.2) is 0 Å². The van der Waals surface area contributed by atoms with Gasteiger partial charge in [-0.05, 0) is 39.0 Å². The van der Waals surface area contributed by atoms with E-state index in [1.807, 2.05) is 0 Å². The molecule has 118 valence electrons. The minimum atomic E-state index is -3.61. The molecule has 0 aromatic heterocycles. The van der Waals surface area contributed by atoms with Crippen molar-refractivity contribution in [1.29, 1.82) is 0 Å². The highest BCUT2D eigenvalue weighted by atomic mass is 32.2. The fourth-order valence-corrected chi connectivity index (χ4v) is 2.99. The first kappa shape index (κ1) is 17.7. The van der Waals surface area contributed by atoms with E-state index in [0.717, 1.165) is 0 Å². The summed E-state index contributed by atoms with van der Waals surface area (Å²) in [6.07, 6.45) is 0. The van der Waals surface area contributed by atoms with Crippen LogP contribution in [-0.2, 0) is 14.8 Å². The van der Waals surface area contributed by atoms with Crippen LogP contribution in [0.25, 0.3) is 0 Å². The summed E-state index contributed by atoms with van der Waals surface area (Å²) in [6.45, 7) is 10.7. The first-order valence-corrected chi connectivity index (χ1v) is 8.25. The Kier molecular flexibility index (Phi) is 4.85. The van der Waals surface area contributed by atoms with Crippen molar-refractivity contribution < 1.29 is 13.2 Å². The summed E-state index contributed by atoms with van der Waals surface area (Å²) in [7, 11) is -3.61. The van der Waals surface area contributed by atoms with Crippen molar-refractivity contribution in [2.24, 2.45) is 5.41 Å². The van der Waals surface area contributed by atoms with Crippen LogP contribution in [0.15, 0.2) is 29.2 Å². The van der Waals surface area contributed by atoms with E-state index < -0.39 is 21.0 Å². The number of amides is 1. The molecular weight excluding hydrogens is 288 g/mol. The Hall–Kier alpha value is -1.40. The fourth-order valence-electron chi connectivity index (χ4n) is 1.52. The average Bonchev–Trinajstić information content (AvgIpc) is 2.24. The van der Waals surface area contributed by atoms with Crippen molar-refractivity contribution >= 4 is 21.6 Å². The zero-order chi connectivity index (χ0) is 16.5. The Labute approximate surface area is 127 Å². The van der Waals surface area contributed by atoms with E-state index >= 15 is 0 Å². The van der Waals surface area contributed by atoms with Gasteiger partial charge < -0.3 is 5.32 Å². The maximum absolute atomic E-state index is 12.3. The molecule has 1 aromatic carbocycles. The minimum absolute atomic E-state index is 0.129. The predicted octanol–water partition coefficient (Wildman–Crippen LogP) is 2.75. The number of benzene rings is 1. The van der Waals surface area contributed by atoms with Crippen molar-refractivity contribution in [2.75, 3.05) is 5.32 Å². The van der Waals surface area contributed by atoms with E-state index in [1.54, 1.807) is 53.7 Å². The number of anilines is 1. The normalized spacial score (nSPS) is 13.0. The highest BCUT2D eigenvalue weighted by Gasteiger charge is 2.24. The second kappa shape index (κ2) is 5.77. The van der Waals surface area contributed by atoms with Gasteiger partial charge in [0.25, 0.3) is 0 Å². The SMILES string of the molecule is CC(C)(C)NS(=O)(=O)c1cccc(NC(=O)C(C)(C)C)c1. The topological polar surface area (TPSA) is 75.3 Å². The summed E-state index contributed by atoms with van der Waals surface area (Å²) in [5, 5.41) is 2.73. The first-order chi connectivity index (χ1) is 9.31. The zero-order valence-corrected chi connectivity index (χ0v) is 14.3. The minimum Gasteiger partial charge on any atom is -0.326 e. The third-order valence-electron chi connectivity index (χ3n) is 2.52. The zero-order valence-electron chi connectivity index (χ0n) is 13.4. The van der Waals surface area contributed by atoms with Gasteiger partial charge in [0.2, 0.25) is 15.9 Å². The van der Waals surface area contributed by atoms with E-state index in [4.69, 9.17) is 0 Å². The molecule has 1 rings (SSSR count). The molecule has 21 heavy (non-hydrogen) atoms. The predicted molar refractivity (Wildman–Crippen MR) is 84.6 cm³/mol. The van der Waals surface area contributed by atoms with E-state index in [1.165, 1.54) is 12.1 Å². The Bertz CT molecular complexity index is 623. The van der Waals surface area contributed by atoms with Gasteiger partial charge in [0.1, 0.15) is 0 Å². The van der Waals surface area contributed by atoms with Crippen molar-refractivity contribution in [3.05, 3.63) is 24.3 Å². The second-order valence-electron chi connectivity index (χ2n) is 7.09. The molecule has 1 aromatic rings. The van der Waals surface area contributed by atoms with E-state index in [2.05, 4.69) is 10.0 Å². The summed E-state index contributed by atoms with van der Waals surface area (Å²) in [5.74, 6) is -0.166. The van der Waals surface area contributed by atoms with Crippen molar-refractivity contribution in [3.63, 3.8) is 0 Å². The monoisotopic (exact) mass is 312 g/mol. The third-order valence-corrected chi connectivity index (χ3v) is 4.28. The molecule has 0 saturated carbocycles. The Morgan fingerprint density at radius 2 is 1.62 bits per heavy atom. The average molecular weight is 312 g/mol. The van der Waals surface area contributed by atoms with Crippen LogP contribution in [0.5, 0.6) is 0 Å². The molecule has 0 heterocycles. The van der Waals surface area contributed by atoms with Crippen LogP contribution in [0.4, 0.5) is 5.69 Å². The lowest BCUT2D eigenvalue weighted by molar-refractivity contribution is -0.123. The quantitative estimate of drug-likeness (QED) is 0.901. The van der Waals surface area contributed by atoms with E-state index in [9.17, 15) is 13.2 Å². The molecule has 6 heteroatoms. The maximum Gasteiger partial charge on any atom is 0.241 e. The molecule has 0 bridgehead atoms. The van der Waals surface area contributed by atoms with Gasteiger partial charge in [-0.2, -0.15) is 0 Å². The number of nitrogens with one attached hydrogen (secondary N) is 2. The molecule has 0 spiro atoms. The van der Waals surface area contributed by atoms with Gasteiger partial charge in [0.05, 0.1) is 4.90 Å². The first-order valence-electron chi connectivity index (χ1n) is 6.77. The fraction of sp³-hybridized carbons (Fsp3) is 0.533. The van der Waals surface area contributed by atoms with Gasteiger partial charge in [-0.3, -0.25) is 4.79 Å². The molecule has 0 aliphatic heterocycles. The van der Waals surface area contributed by atoms with Crippen LogP contribution in [0.3, 0.4) is 0 Å². The summed E-state index contributed by atoms with van der Waals surface area (Å²) < 4.78 is 27.1. The maximum atomic E-state index is 12.3. The number of hydrogen-bond acceptors (Lipinski definition) is 3. The van der Waals surface area contributed by atoms with Crippen molar-refractivity contribution in [2.45, 2.75) is 52.0 Å². The van der Waals surface area contributed by atoms with Crippen LogP contribution < -0.4 is 10.0 Å². The lowest BCUT2D eigenvalue weighted by atomic mass is 9.95. The van der Waals surface area contributed by atoms with Gasteiger partial charge in [-0.15, -0.1) is 0 Å². The van der Waals surface area contributed by atoms with Crippen LogP contribution in [-0.4, -0.2) is 19.9 Å². The van der Waals surface area contributed by atoms with Gasteiger partial charge in [-0.1, -0.05) is 26.8 Å². The summed E-state index contributed by atoms with van der Waals surface area (Å²) in [5.41, 5.74) is -0.645. The molecule has 0 radical (unpaired) electrons. The number of rotatable bonds is 3. The second-order valence-corrected chi connectivity index (χ2v) is 8.77. The number of carbonyl (C=O) groups excluding carboxylic acids is 1. The van der Waals surface area contributed by atoms with Crippen LogP contribution in [0, 0.1) is 5.41 Å². The van der Waals surface area contributed by atoms with Gasteiger partial charge in [0, 0.05) is 16.6 Å². The standard InChI is InChI=1S/C15H24N2O3S/c1-14(2,3)13(18)16-11-8-7-9-12(10-11)21(19,20)17-15(4,5)6/h7-10,17H,1-6H3,(H,16,18). The van der Waals surface area contributed by atoms with Crippen LogP contribution in [0.2, 0.25) is 0 Å². The molecule has 5 nitrogen and oxygen atoms in total. The van der Waals surface area contributed by atoms with Crippen molar-refractivity contribution in [3.8, 4) is 0 Å². The molecule has 0 aliphatic carbocycles. The smallest absolute Gasteiger partial charge is 0.241 e. The molecule has 1 amide bonds. The molecule has 0 aliphatic rings. The summed E-state index contributed by atoms with van der Waals surface area (Å²) in [6, 6.07) is 6.23. The van der Waals surface area contributed by atoms with Gasteiger partial charge >= 0.3 is 0 Å². The highest BCUT2D eigenvalue weighted by molar-refractivity contribution is 7.89. The number of hydrogen-bond donors (Lipinski definition) is 2. The highest BCUT2D eigenvalue weighted by Crippen LogP contribution is 2.20. The van der Waals surface area contributed by atoms with Crippen LogP contribution in [0.1, 0.15) is 41.5 Å². The largest absolute Gasteiger partial charge is 0.326 e. The molecule has 2 N–H and O–H groups in total. The third kappa shape index (κ3) is 5.47. The summed E-state index contributed by atoms with van der Waals surface area (Å²) in [4.78, 5) is 12.1. The van der Waals surface area contributed by atoms with Crippen molar-refractivity contribution in [1.82, 2.24) is 4.72 Å². The molecule has 0 saturated heterocycles. The Morgan fingerprint density at radius 3 is 2.10 bits per heavy atom. The Balaban J connectivity index is 3.04. The Morgan fingerprint density at radius 1 is 1.05 bits per heavy atom. The number of carbonyl (C=O) groups is 1. The molecular formula is C15H24N2O3S. The molecule has 0 atom stereocenters. The molecule has 0 fully saturated rings. The summed E-state index contributed by atoms with van der Waals surface area (Å²) >= 11 is 0. The number of sulfonamides is 1.